The van der Waals surface area contributed by atoms with Crippen molar-refractivity contribution in [3.63, 3.8) is 0 Å². The lowest BCUT2D eigenvalue weighted by Crippen LogP contribution is -2.17. The fraction of sp³-hybridized carbons (Fsp3) is 0.727. The molecule has 0 aromatic heterocycles. The van der Waals surface area contributed by atoms with E-state index in [2.05, 4.69) is 37.8 Å². The largest absolute Gasteiger partial charge is 0.462 e. The molecule has 0 atom stereocenters. The standard InChI is InChI=1S/C33H52O3/c1-3-4-5-7-27-9-11-29(12-10-27)13-14-30-17-21-32(22-18-30)31-19-15-28(16-20-31)8-6-25-36-33(35)26(2)23-24-34/h15-16,19-20,27,29-30,32,34H,2-14,17-18,21-25H2,1H3. The highest BCUT2D eigenvalue weighted by Gasteiger charge is 2.25. The second-order valence-electron chi connectivity index (χ2n) is 11.7. The van der Waals surface area contributed by atoms with Crippen molar-refractivity contribution in [1.82, 2.24) is 0 Å². The summed E-state index contributed by atoms with van der Waals surface area (Å²) in [5, 5.41) is 8.87. The number of esters is 1. The Bertz CT molecular complexity index is 752. The molecule has 2 fully saturated rings. The minimum atomic E-state index is -0.389. The minimum absolute atomic E-state index is 0.0674. The van der Waals surface area contributed by atoms with Crippen molar-refractivity contribution in [3.05, 3.63) is 47.5 Å². The van der Waals surface area contributed by atoms with E-state index in [-0.39, 0.29) is 19.0 Å². The van der Waals surface area contributed by atoms with Crippen LogP contribution < -0.4 is 0 Å². The fourth-order valence-corrected chi connectivity index (χ4v) is 6.48. The first-order valence-electron chi connectivity index (χ1n) is 15.1. The molecule has 3 heteroatoms. The second kappa shape index (κ2) is 16.3. The molecule has 2 saturated carbocycles. The summed E-state index contributed by atoms with van der Waals surface area (Å²) in [7, 11) is 0. The predicted molar refractivity (Wildman–Crippen MR) is 150 cm³/mol. The number of carbonyl (C=O) groups is 1. The van der Waals surface area contributed by atoms with Crippen LogP contribution >= 0.6 is 0 Å². The topological polar surface area (TPSA) is 46.5 Å². The Hall–Kier alpha value is -1.61. The normalized spacial score (nSPS) is 24.4. The Labute approximate surface area is 221 Å². The lowest BCUT2D eigenvalue weighted by molar-refractivity contribution is -0.139. The molecule has 3 rings (SSSR count). The molecule has 1 aromatic rings. The number of benzene rings is 1. The van der Waals surface area contributed by atoms with Gasteiger partial charge in [-0.2, -0.15) is 0 Å². The smallest absolute Gasteiger partial charge is 0.333 e. The molecule has 0 saturated heterocycles. The van der Waals surface area contributed by atoms with E-state index in [4.69, 9.17) is 9.84 Å². The highest BCUT2D eigenvalue weighted by molar-refractivity contribution is 5.87. The molecule has 1 aromatic carbocycles. The first kappa shape index (κ1) is 29.0. The Kier molecular flexibility index (Phi) is 13.1. The summed E-state index contributed by atoms with van der Waals surface area (Å²) in [6.45, 7) is 6.29. The lowest BCUT2D eigenvalue weighted by atomic mass is 9.74. The summed E-state index contributed by atoms with van der Waals surface area (Å²) < 4.78 is 5.24. The molecule has 0 bridgehead atoms. The SMILES string of the molecule is C=C(CCO)C(=O)OCCCc1ccc(C2CCC(CCC3CCC(CCCCC)CC3)CC2)cc1. The second-order valence-corrected chi connectivity index (χ2v) is 11.7. The summed E-state index contributed by atoms with van der Waals surface area (Å²) >= 11 is 0. The summed E-state index contributed by atoms with van der Waals surface area (Å²) in [4.78, 5) is 11.7. The van der Waals surface area contributed by atoms with Gasteiger partial charge in [0.1, 0.15) is 0 Å². The monoisotopic (exact) mass is 496 g/mol. The number of aryl methyl sites for hydroxylation is 1. The molecule has 36 heavy (non-hydrogen) atoms. The number of rotatable bonds is 15. The number of hydrogen-bond donors (Lipinski definition) is 1. The molecule has 2 aliphatic rings. The van der Waals surface area contributed by atoms with Gasteiger partial charge in [0.2, 0.25) is 0 Å². The molecule has 0 radical (unpaired) electrons. The maximum Gasteiger partial charge on any atom is 0.333 e. The predicted octanol–water partition coefficient (Wildman–Crippen LogP) is 8.54. The van der Waals surface area contributed by atoms with Crippen LogP contribution in [0.2, 0.25) is 0 Å². The van der Waals surface area contributed by atoms with Crippen molar-refractivity contribution >= 4 is 5.97 Å². The Balaban J connectivity index is 1.27. The third-order valence-corrected chi connectivity index (χ3v) is 9.01. The molecule has 0 amide bonds. The average molecular weight is 497 g/mol. The van der Waals surface area contributed by atoms with Crippen LogP contribution in [0.25, 0.3) is 0 Å². The number of carbonyl (C=O) groups excluding carboxylic acids is 1. The van der Waals surface area contributed by atoms with E-state index >= 15 is 0 Å². The van der Waals surface area contributed by atoms with E-state index in [0.717, 1.165) is 36.5 Å². The number of aliphatic hydroxyl groups is 1. The quantitative estimate of drug-likeness (QED) is 0.150. The van der Waals surface area contributed by atoms with Crippen molar-refractivity contribution in [2.45, 2.75) is 122 Å². The minimum Gasteiger partial charge on any atom is -0.462 e. The van der Waals surface area contributed by atoms with E-state index in [1.165, 1.54) is 101 Å². The highest BCUT2D eigenvalue weighted by atomic mass is 16.5. The van der Waals surface area contributed by atoms with Crippen LogP contribution in [-0.4, -0.2) is 24.3 Å². The van der Waals surface area contributed by atoms with Crippen LogP contribution in [0, 0.1) is 17.8 Å². The van der Waals surface area contributed by atoms with E-state index in [0.29, 0.717) is 12.2 Å². The number of aliphatic hydroxyl groups excluding tert-OH is 1. The maximum absolute atomic E-state index is 11.7. The van der Waals surface area contributed by atoms with E-state index in [1.807, 2.05) is 0 Å². The van der Waals surface area contributed by atoms with Crippen molar-refractivity contribution in [2.75, 3.05) is 13.2 Å². The van der Waals surface area contributed by atoms with Gasteiger partial charge in [-0.15, -0.1) is 0 Å². The van der Waals surface area contributed by atoms with Gasteiger partial charge in [-0.1, -0.05) is 102 Å². The molecule has 1 N–H and O–H groups in total. The Morgan fingerprint density at radius 2 is 1.44 bits per heavy atom. The van der Waals surface area contributed by atoms with Crippen LogP contribution in [0.5, 0.6) is 0 Å². The molecular weight excluding hydrogens is 444 g/mol. The van der Waals surface area contributed by atoms with Gasteiger partial charge in [0.05, 0.1) is 6.61 Å². The van der Waals surface area contributed by atoms with E-state index < -0.39 is 0 Å². The van der Waals surface area contributed by atoms with Gasteiger partial charge >= 0.3 is 5.97 Å². The maximum atomic E-state index is 11.7. The molecule has 0 unspecified atom stereocenters. The fourth-order valence-electron chi connectivity index (χ4n) is 6.48. The summed E-state index contributed by atoms with van der Waals surface area (Å²) in [5.74, 6) is 3.35. The Morgan fingerprint density at radius 1 is 0.861 bits per heavy atom. The van der Waals surface area contributed by atoms with Crippen LogP contribution in [0.3, 0.4) is 0 Å². The van der Waals surface area contributed by atoms with Gasteiger partial charge in [0, 0.05) is 18.6 Å². The summed E-state index contributed by atoms with van der Waals surface area (Å²) in [6.07, 6.45) is 22.2. The molecule has 0 aliphatic heterocycles. The van der Waals surface area contributed by atoms with Crippen LogP contribution in [-0.2, 0) is 16.0 Å². The first-order chi connectivity index (χ1) is 17.6. The zero-order valence-corrected chi connectivity index (χ0v) is 23.0. The van der Waals surface area contributed by atoms with Crippen LogP contribution in [0.15, 0.2) is 36.4 Å². The lowest BCUT2D eigenvalue weighted by Gasteiger charge is -2.32. The van der Waals surface area contributed by atoms with Crippen LogP contribution in [0.4, 0.5) is 0 Å². The molecule has 2 aliphatic carbocycles. The van der Waals surface area contributed by atoms with E-state index in [1.54, 1.807) is 0 Å². The number of hydrogen-bond acceptors (Lipinski definition) is 3. The van der Waals surface area contributed by atoms with Gasteiger partial charge < -0.3 is 9.84 Å². The first-order valence-corrected chi connectivity index (χ1v) is 15.1. The molecule has 202 valence electrons. The highest BCUT2D eigenvalue weighted by Crippen LogP contribution is 2.40. The van der Waals surface area contributed by atoms with Gasteiger partial charge in [-0.05, 0) is 73.3 Å². The molecule has 0 spiro atoms. The number of unbranched alkanes of at least 4 members (excludes halogenated alkanes) is 2. The summed E-state index contributed by atoms with van der Waals surface area (Å²) in [6, 6.07) is 9.17. The molecular formula is C33H52O3. The Morgan fingerprint density at radius 3 is 2.03 bits per heavy atom. The zero-order valence-electron chi connectivity index (χ0n) is 23.0. The summed E-state index contributed by atoms with van der Waals surface area (Å²) in [5.41, 5.74) is 3.15. The van der Waals surface area contributed by atoms with Gasteiger partial charge in [0.15, 0.2) is 0 Å². The van der Waals surface area contributed by atoms with Crippen LogP contribution in [0.1, 0.15) is 127 Å². The van der Waals surface area contributed by atoms with Gasteiger partial charge in [0.25, 0.3) is 0 Å². The third-order valence-electron chi connectivity index (χ3n) is 9.01. The zero-order chi connectivity index (χ0) is 25.6. The van der Waals surface area contributed by atoms with Crippen molar-refractivity contribution < 1.29 is 14.6 Å². The van der Waals surface area contributed by atoms with Gasteiger partial charge in [-0.3, -0.25) is 0 Å². The van der Waals surface area contributed by atoms with E-state index in [9.17, 15) is 4.79 Å². The van der Waals surface area contributed by atoms with Gasteiger partial charge in [-0.25, -0.2) is 4.79 Å². The third kappa shape index (κ3) is 10.0. The molecule has 3 nitrogen and oxygen atoms in total. The number of ether oxygens (including phenoxy) is 1. The van der Waals surface area contributed by atoms with Crippen molar-refractivity contribution in [1.29, 1.82) is 0 Å². The van der Waals surface area contributed by atoms with Crippen molar-refractivity contribution in [2.24, 2.45) is 17.8 Å². The average Bonchev–Trinajstić information content (AvgIpc) is 2.91. The molecule has 0 heterocycles. The van der Waals surface area contributed by atoms with Crippen molar-refractivity contribution in [3.8, 4) is 0 Å².